The molecule has 1 fully saturated rings. The highest BCUT2D eigenvalue weighted by Gasteiger charge is 2.30. The van der Waals surface area contributed by atoms with Gasteiger partial charge in [-0.15, -0.1) is 0 Å². The maximum atomic E-state index is 12.9. The number of aryl methyl sites for hydroxylation is 1. The molecule has 2 unspecified atom stereocenters. The minimum atomic E-state index is -0.00774. The maximum absolute atomic E-state index is 12.9. The van der Waals surface area contributed by atoms with Gasteiger partial charge in [-0.2, -0.15) is 0 Å². The number of piperidine rings is 1. The summed E-state index contributed by atoms with van der Waals surface area (Å²) >= 11 is 0. The van der Waals surface area contributed by atoms with Gasteiger partial charge in [0.25, 0.3) is 5.91 Å². The summed E-state index contributed by atoms with van der Waals surface area (Å²) in [6.07, 6.45) is 3.50. The van der Waals surface area contributed by atoms with Gasteiger partial charge in [0.2, 0.25) is 0 Å². The minimum absolute atomic E-state index is 0.00774. The number of hydrogen-bond acceptors (Lipinski definition) is 4. The van der Waals surface area contributed by atoms with Crippen molar-refractivity contribution in [2.24, 2.45) is 5.92 Å². The molecule has 0 saturated carbocycles. The van der Waals surface area contributed by atoms with E-state index in [4.69, 9.17) is 4.42 Å². The van der Waals surface area contributed by atoms with Crippen LogP contribution in [0.3, 0.4) is 0 Å². The van der Waals surface area contributed by atoms with Gasteiger partial charge in [-0.25, -0.2) is 4.98 Å². The molecule has 0 bridgehead atoms. The quantitative estimate of drug-likeness (QED) is 0.946. The Hall–Kier alpha value is -2.14. The maximum Gasteiger partial charge on any atom is 0.255 e. The second-order valence-corrected chi connectivity index (χ2v) is 6.24. The minimum Gasteiger partial charge on any atom is -0.463 e. The molecule has 0 radical (unpaired) electrons. The monoisotopic (exact) mass is 314 g/mol. The average Bonchev–Trinajstić information content (AvgIpc) is 3.09. The molecule has 1 N–H and O–H groups in total. The van der Waals surface area contributed by atoms with Gasteiger partial charge in [0.15, 0.2) is 5.76 Å². The Labute approximate surface area is 135 Å². The van der Waals surface area contributed by atoms with E-state index in [-0.39, 0.29) is 24.5 Å². The summed E-state index contributed by atoms with van der Waals surface area (Å²) in [4.78, 5) is 19.2. The zero-order valence-corrected chi connectivity index (χ0v) is 13.5. The van der Waals surface area contributed by atoms with Crippen LogP contribution in [0.5, 0.6) is 0 Å². The summed E-state index contributed by atoms with van der Waals surface area (Å²) in [6.45, 7) is 4.64. The van der Waals surface area contributed by atoms with Gasteiger partial charge in [-0.05, 0) is 56.9 Å². The number of amides is 1. The van der Waals surface area contributed by atoms with Crippen molar-refractivity contribution in [1.29, 1.82) is 0 Å². The topological polar surface area (TPSA) is 66.6 Å². The average molecular weight is 314 g/mol. The smallest absolute Gasteiger partial charge is 0.255 e. The first kappa shape index (κ1) is 15.7. The van der Waals surface area contributed by atoms with Crippen LogP contribution in [0, 0.1) is 12.8 Å². The predicted molar refractivity (Wildman–Crippen MR) is 87.0 cm³/mol. The van der Waals surface area contributed by atoms with E-state index >= 15 is 0 Å². The number of carbonyl (C=O) groups is 1. The lowest BCUT2D eigenvalue weighted by molar-refractivity contribution is 0.0488. The van der Waals surface area contributed by atoms with Crippen molar-refractivity contribution < 1.29 is 14.3 Å². The van der Waals surface area contributed by atoms with E-state index in [9.17, 15) is 9.90 Å². The highest BCUT2D eigenvalue weighted by atomic mass is 16.3. The van der Waals surface area contributed by atoms with Crippen molar-refractivity contribution in [3.63, 3.8) is 0 Å². The number of hydrogen-bond donors (Lipinski definition) is 1. The molecular formula is C18H22N2O3. The van der Waals surface area contributed by atoms with Crippen LogP contribution in [0.15, 0.2) is 34.9 Å². The molecule has 0 aromatic carbocycles. The van der Waals surface area contributed by atoms with E-state index in [2.05, 4.69) is 11.9 Å². The van der Waals surface area contributed by atoms with Crippen LogP contribution >= 0.6 is 0 Å². The molecule has 5 heteroatoms. The molecule has 1 amide bonds. The van der Waals surface area contributed by atoms with Crippen LogP contribution in [0.1, 0.15) is 35.8 Å². The van der Waals surface area contributed by atoms with Crippen molar-refractivity contribution in [1.82, 2.24) is 9.88 Å². The molecule has 122 valence electrons. The highest BCUT2D eigenvalue weighted by molar-refractivity contribution is 5.95. The molecule has 2 aromatic rings. The standard InChI is InChI=1S/C18H22N2O3/c1-12-5-6-14(11-21)10-20(12)18(22)15-7-8-16(19-13(15)2)17-4-3-9-23-17/h3-4,7-9,12,14,21H,5-6,10-11H2,1-2H3. The van der Waals surface area contributed by atoms with Crippen molar-refractivity contribution in [3.8, 4) is 11.5 Å². The Morgan fingerprint density at radius 1 is 1.39 bits per heavy atom. The van der Waals surface area contributed by atoms with Gasteiger partial charge < -0.3 is 14.4 Å². The van der Waals surface area contributed by atoms with Gasteiger partial charge >= 0.3 is 0 Å². The molecule has 0 aliphatic carbocycles. The number of nitrogens with zero attached hydrogens (tertiary/aromatic N) is 2. The van der Waals surface area contributed by atoms with E-state index in [0.717, 1.165) is 18.5 Å². The molecular weight excluding hydrogens is 292 g/mol. The number of rotatable bonds is 3. The van der Waals surface area contributed by atoms with E-state index in [0.29, 0.717) is 23.6 Å². The summed E-state index contributed by atoms with van der Waals surface area (Å²) < 4.78 is 5.35. The summed E-state index contributed by atoms with van der Waals surface area (Å²) in [5, 5.41) is 9.38. The number of furan rings is 1. The van der Waals surface area contributed by atoms with Crippen LogP contribution in [-0.2, 0) is 0 Å². The van der Waals surface area contributed by atoms with Gasteiger partial charge in [0.1, 0.15) is 5.69 Å². The SMILES string of the molecule is Cc1nc(-c2ccco2)ccc1C(=O)N1CC(CO)CCC1C. The second kappa shape index (κ2) is 6.54. The number of carbonyl (C=O) groups excluding carboxylic acids is 1. The zero-order valence-electron chi connectivity index (χ0n) is 13.5. The van der Waals surface area contributed by atoms with Crippen LogP contribution < -0.4 is 0 Å². The van der Waals surface area contributed by atoms with Crippen molar-refractivity contribution in [2.75, 3.05) is 13.2 Å². The van der Waals surface area contributed by atoms with Gasteiger partial charge in [-0.1, -0.05) is 0 Å². The van der Waals surface area contributed by atoms with Gasteiger partial charge in [0.05, 0.1) is 17.5 Å². The molecule has 5 nitrogen and oxygen atoms in total. The zero-order chi connectivity index (χ0) is 16.4. The van der Waals surface area contributed by atoms with E-state index in [1.807, 2.05) is 36.1 Å². The Morgan fingerprint density at radius 2 is 2.22 bits per heavy atom. The van der Waals surface area contributed by atoms with Crippen LogP contribution in [0.4, 0.5) is 0 Å². The Kier molecular flexibility index (Phi) is 4.48. The third kappa shape index (κ3) is 3.15. The van der Waals surface area contributed by atoms with E-state index in [1.54, 1.807) is 6.26 Å². The lowest BCUT2D eigenvalue weighted by Crippen LogP contribution is -2.46. The lowest BCUT2D eigenvalue weighted by atomic mass is 9.93. The van der Waals surface area contributed by atoms with Crippen LogP contribution in [0.2, 0.25) is 0 Å². The first-order valence-corrected chi connectivity index (χ1v) is 8.03. The van der Waals surface area contributed by atoms with Crippen LogP contribution in [0.25, 0.3) is 11.5 Å². The Morgan fingerprint density at radius 3 is 2.87 bits per heavy atom. The fraction of sp³-hybridized carbons (Fsp3) is 0.444. The molecule has 2 aromatic heterocycles. The van der Waals surface area contributed by atoms with Crippen LogP contribution in [-0.4, -0.2) is 40.1 Å². The Bertz CT molecular complexity index is 682. The summed E-state index contributed by atoms with van der Waals surface area (Å²) in [7, 11) is 0. The molecule has 0 spiro atoms. The third-order valence-electron chi connectivity index (χ3n) is 4.59. The molecule has 3 rings (SSSR count). The summed E-state index contributed by atoms with van der Waals surface area (Å²) in [5.41, 5.74) is 2.04. The third-order valence-corrected chi connectivity index (χ3v) is 4.59. The van der Waals surface area contributed by atoms with Crippen molar-refractivity contribution >= 4 is 5.91 Å². The van der Waals surface area contributed by atoms with E-state index < -0.39 is 0 Å². The van der Waals surface area contributed by atoms with Crippen molar-refractivity contribution in [2.45, 2.75) is 32.7 Å². The van der Waals surface area contributed by atoms with Gasteiger partial charge in [0, 0.05) is 19.2 Å². The van der Waals surface area contributed by atoms with Crippen molar-refractivity contribution in [3.05, 3.63) is 41.8 Å². The fourth-order valence-corrected chi connectivity index (χ4v) is 3.12. The number of pyridine rings is 1. The number of aromatic nitrogens is 1. The highest BCUT2D eigenvalue weighted by Crippen LogP contribution is 2.25. The first-order chi connectivity index (χ1) is 11.1. The Balaban J connectivity index is 1.84. The van der Waals surface area contributed by atoms with Gasteiger partial charge in [-0.3, -0.25) is 4.79 Å². The molecule has 1 aliphatic heterocycles. The largest absolute Gasteiger partial charge is 0.463 e. The number of aliphatic hydroxyl groups is 1. The fourth-order valence-electron chi connectivity index (χ4n) is 3.12. The summed E-state index contributed by atoms with van der Waals surface area (Å²) in [5.74, 6) is 0.858. The normalized spacial score (nSPS) is 21.4. The second-order valence-electron chi connectivity index (χ2n) is 6.24. The molecule has 3 heterocycles. The predicted octanol–water partition coefficient (Wildman–Crippen LogP) is 2.88. The number of likely N-dealkylation sites (tertiary alicyclic amines) is 1. The molecule has 1 saturated heterocycles. The molecule has 1 aliphatic rings. The number of aliphatic hydroxyl groups excluding tert-OH is 1. The first-order valence-electron chi connectivity index (χ1n) is 8.03. The summed E-state index contributed by atoms with van der Waals surface area (Å²) in [6, 6.07) is 7.49. The molecule has 2 atom stereocenters. The van der Waals surface area contributed by atoms with E-state index in [1.165, 1.54) is 0 Å². The molecule has 23 heavy (non-hydrogen) atoms. The lowest BCUT2D eigenvalue weighted by Gasteiger charge is -2.37.